The highest BCUT2D eigenvalue weighted by Crippen LogP contribution is 2.53. The highest BCUT2D eigenvalue weighted by atomic mass is 16.7. The molecule has 4 aromatic rings. The van der Waals surface area contributed by atoms with Gasteiger partial charge in [0, 0.05) is 41.2 Å². The molecule has 9 nitrogen and oxygen atoms in total. The number of hydrogen-bond donors (Lipinski definition) is 1. The summed E-state index contributed by atoms with van der Waals surface area (Å²) in [6.07, 6.45) is 0.194. The largest absolute Gasteiger partial charge is 0.496 e. The fourth-order valence-electron chi connectivity index (χ4n) is 6.05. The molecule has 4 aromatic carbocycles. The molecule has 0 unspecified atom stereocenters. The molecule has 0 saturated heterocycles. The molecule has 0 bridgehead atoms. The summed E-state index contributed by atoms with van der Waals surface area (Å²) in [5, 5.41) is 5.94. The molecular formula is C33H35NO8. The summed E-state index contributed by atoms with van der Waals surface area (Å²) < 4.78 is 46.5. The van der Waals surface area contributed by atoms with Gasteiger partial charge < -0.3 is 43.2 Å². The Hall–Kier alpha value is -4.50. The van der Waals surface area contributed by atoms with Gasteiger partial charge in [-0.15, -0.1) is 0 Å². The van der Waals surface area contributed by atoms with Crippen molar-refractivity contribution in [2.24, 2.45) is 0 Å². The molecule has 6 rings (SSSR count). The summed E-state index contributed by atoms with van der Waals surface area (Å²) in [4.78, 5) is 0. The van der Waals surface area contributed by atoms with Crippen molar-refractivity contribution in [3.8, 4) is 51.4 Å². The first-order valence-electron chi connectivity index (χ1n) is 13.8. The second-order valence-corrected chi connectivity index (χ2v) is 10.0. The van der Waals surface area contributed by atoms with E-state index in [0.29, 0.717) is 41.8 Å². The minimum absolute atomic E-state index is 0.215. The quantitative estimate of drug-likeness (QED) is 0.217. The number of anilines is 1. The van der Waals surface area contributed by atoms with Crippen molar-refractivity contribution in [2.75, 3.05) is 54.3 Å². The molecule has 2 atom stereocenters. The average Bonchev–Trinajstić information content (AvgIpc) is 3.49. The van der Waals surface area contributed by atoms with Crippen LogP contribution in [0, 0.1) is 0 Å². The van der Waals surface area contributed by atoms with Crippen LogP contribution in [0.3, 0.4) is 0 Å². The summed E-state index contributed by atoms with van der Waals surface area (Å²) in [5.41, 5.74) is 4.97. The minimum atomic E-state index is -0.358. The van der Waals surface area contributed by atoms with Gasteiger partial charge in [0.25, 0.3) is 0 Å². The van der Waals surface area contributed by atoms with Gasteiger partial charge >= 0.3 is 0 Å². The van der Waals surface area contributed by atoms with E-state index in [-0.39, 0.29) is 18.9 Å². The molecule has 2 heterocycles. The number of ether oxygens (including phenoxy) is 8. The van der Waals surface area contributed by atoms with Gasteiger partial charge in [-0.25, -0.2) is 0 Å². The first kappa shape index (κ1) is 27.7. The third kappa shape index (κ3) is 4.54. The summed E-state index contributed by atoms with van der Waals surface area (Å²) in [6, 6.07) is 15.9. The Balaban J connectivity index is 1.52. The Bertz CT molecular complexity index is 1640. The van der Waals surface area contributed by atoms with Crippen LogP contribution >= 0.6 is 0 Å². The Kier molecular flexibility index (Phi) is 7.51. The summed E-state index contributed by atoms with van der Waals surface area (Å²) in [5.74, 6) is 4.65. The maximum absolute atomic E-state index is 6.40. The highest BCUT2D eigenvalue weighted by molar-refractivity contribution is 6.05. The molecule has 0 aliphatic carbocycles. The number of methoxy groups -OCH3 is 5. The minimum Gasteiger partial charge on any atom is -0.496 e. The average molecular weight is 574 g/mol. The van der Waals surface area contributed by atoms with E-state index in [1.807, 2.05) is 37.3 Å². The van der Waals surface area contributed by atoms with Crippen LogP contribution in [-0.2, 0) is 4.74 Å². The standard InChI is InChI=1S/C33H35NO8/c1-7-40-26(22-14-27(37-4)28(38-5)16-25(22)36-3)15-23-31-19(10-11-24(35-2)33(31)39-6)20-9-8-18-12-29-30(42-17-41-29)13-21(18)32(20)34-23/h8-14,16,23,26,34H,7,15,17H2,1-6H3/t23-,26-/m0/s1. The summed E-state index contributed by atoms with van der Waals surface area (Å²) in [7, 11) is 8.18. The molecule has 0 radical (unpaired) electrons. The lowest BCUT2D eigenvalue weighted by Gasteiger charge is -2.35. The van der Waals surface area contributed by atoms with Gasteiger partial charge in [-0.3, -0.25) is 0 Å². The van der Waals surface area contributed by atoms with Crippen molar-refractivity contribution >= 4 is 16.5 Å². The first-order valence-corrected chi connectivity index (χ1v) is 13.8. The molecule has 0 fully saturated rings. The Morgan fingerprint density at radius 2 is 1.45 bits per heavy atom. The van der Waals surface area contributed by atoms with E-state index < -0.39 is 0 Å². The van der Waals surface area contributed by atoms with Crippen LogP contribution in [0.25, 0.3) is 21.9 Å². The van der Waals surface area contributed by atoms with Crippen LogP contribution in [0.1, 0.15) is 36.6 Å². The predicted octanol–water partition coefficient (Wildman–Crippen LogP) is 6.91. The van der Waals surface area contributed by atoms with Crippen molar-refractivity contribution in [3.63, 3.8) is 0 Å². The summed E-state index contributed by atoms with van der Waals surface area (Å²) >= 11 is 0. The van der Waals surface area contributed by atoms with Gasteiger partial charge in [0.1, 0.15) is 5.75 Å². The molecule has 1 N–H and O–H groups in total. The molecule has 2 aliphatic rings. The molecule has 2 aliphatic heterocycles. The smallest absolute Gasteiger partial charge is 0.231 e. The molecule has 9 heteroatoms. The maximum Gasteiger partial charge on any atom is 0.231 e. The SMILES string of the molecule is CCO[C@@H](C[C@@H]1Nc2c(ccc3cc4c(cc23)OCO4)-c2ccc(OC)c(OC)c21)c1cc(OC)c(OC)cc1OC. The number of fused-ring (bicyclic) bond motifs is 6. The van der Waals surface area contributed by atoms with Crippen molar-refractivity contribution in [1.82, 2.24) is 0 Å². The second kappa shape index (κ2) is 11.4. The van der Waals surface area contributed by atoms with Crippen LogP contribution in [0.5, 0.6) is 40.2 Å². The zero-order chi connectivity index (χ0) is 29.4. The Labute approximate surface area is 245 Å². The van der Waals surface area contributed by atoms with E-state index in [1.54, 1.807) is 35.5 Å². The first-order chi connectivity index (χ1) is 20.5. The molecule has 0 aromatic heterocycles. The van der Waals surface area contributed by atoms with E-state index in [0.717, 1.165) is 50.2 Å². The predicted molar refractivity (Wildman–Crippen MR) is 160 cm³/mol. The molecule has 0 spiro atoms. The lowest BCUT2D eigenvalue weighted by atomic mass is 9.84. The van der Waals surface area contributed by atoms with Gasteiger partial charge in [0.2, 0.25) is 6.79 Å². The van der Waals surface area contributed by atoms with Crippen molar-refractivity contribution in [2.45, 2.75) is 25.5 Å². The van der Waals surface area contributed by atoms with Crippen molar-refractivity contribution < 1.29 is 37.9 Å². The monoisotopic (exact) mass is 573 g/mol. The van der Waals surface area contributed by atoms with Crippen LogP contribution in [0.2, 0.25) is 0 Å². The van der Waals surface area contributed by atoms with Crippen LogP contribution < -0.4 is 38.5 Å². The lowest BCUT2D eigenvalue weighted by Crippen LogP contribution is -2.22. The number of benzene rings is 4. The second-order valence-electron chi connectivity index (χ2n) is 10.0. The van der Waals surface area contributed by atoms with Crippen LogP contribution in [0.15, 0.2) is 48.5 Å². The van der Waals surface area contributed by atoms with E-state index in [9.17, 15) is 0 Å². The van der Waals surface area contributed by atoms with Crippen molar-refractivity contribution in [1.29, 1.82) is 0 Å². The molecule has 42 heavy (non-hydrogen) atoms. The van der Waals surface area contributed by atoms with E-state index in [2.05, 4.69) is 23.5 Å². The van der Waals surface area contributed by atoms with Crippen LogP contribution in [0.4, 0.5) is 5.69 Å². The molecular weight excluding hydrogens is 538 g/mol. The fraction of sp³-hybridized carbons (Fsp3) is 0.333. The maximum atomic E-state index is 6.40. The van der Waals surface area contributed by atoms with Gasteiger partial charge in [0.05, 0.1) is 53.4 Å². The van der Waals surface area contributed by atoms with Crippen molar-refractivity contribution in [3.05, 3.63) is 59.7 Å². The van der Waals surface area contributed by atoms with Gasteiger partial charge in [-0.1, -0.05) is 12.1 Å². The van der Waals surface area contributed by atoms with Gasteiger partial charge in [-0.2, -0.15) is 0 Å². The topological polar surface area (TPSA) is 85.9 Å². The molecule has 220 valence electrons. The number of hydrogen-bond acceptors (Lipinski definition) is 9. The van der Waals surface area contributed by atoms with Gasteiger partial charge in [-0.05, 0) is 48.2 Å². The van der Waals surface area contributed by atoms with E-state index in [1.165, 1.54) is 0 Å². The fourth-order valence-corrected chi connectivity index (χ4v) is 6.05. The molecule has 0 saturated carbocycles. The highest BCUT2D eigenvalue weighted by Gasteiger charge is 2.34. The third-order valence-electron chi connectivity index (χ3n) is 7.95. The van der Waals surface area contributed by atoms with E-state index >= 15 is 0 Å². The normalized spacial score (nSPS) is 15.3. The third-order valence-corrected chi connectivity index (χ3v) is 7.95. The lowest BCUT2D eigenvalue weighted by molar-refractivity contribution is 0.0504. The number of rotatable bonds is 10. The van der Waals surface area contributed by atoms with Crippen LogP contribution in [-0.4, -0.2) is 48.9 Å². The zero-order valence-corrected chi connectivity index (χ0v) is 24.7. The van der Waals surface area contributed by atoms with E-state index in [4.69, 9.17) is 37.9 Å². The number of nitrogens with one attached hydrogen (secondary N) is 1. The Morgan fingerprint density at radius 1 is 0.762 bits per heavy atom. The van der Waals surface area contributed by atoms with Gasteiger partial charge in [0.15, 0.2) is 34.5 Å². The molecule has 0 amide bonds. The zero-order valence-electron chi connectivity index (χ0n) is 24.7. The Morgan fingerprint density at radius 3 is 2.14 bits per heavy atom. The summed E-state index contributed by atoms with van der Waals surface area (Å²) in [6.45, 7) is 2.70.